The van der Waals surface area contributed by atoms with Crippen molar-refractivity contribution >= 4 is 22.4 Å². The summed E-state index contributed by atoms with van der Waals surface area (Å²) in [6, 6.07) is 0. The van der Waals surface area contributed by atoms with Crippen LogP contribution in [0.5, 0.6) is 0 Å². The van der Waals surface area contributed by atoms with Gasteiger partial charge in [0, 0.05) is 18.3 Å². The molecule has 0 atom stereocenters. The minimum Gasteiger partial charge on any atom is -0.469 e. The monoisotopic (exact) mass is 267 g/mol. The zero-order valence-corrected chi connectivity index (χ0v) is 10.7. The second kappa shape index (κ2) is 6.10. The number of aromatic amines is 1. The number of methoxy groups -OCH3 is 1. The number of hydrogen-bond donors (Lipinski definition) is 2. The van der Waals surface area contributed by atoms with E-state index in [4.69, 9.17) is 0 Å². The smallest absolute Gasteiger partial charge is 0.311 e. The van der Waals surface area contributed by atoms with E-state index in [1.165, 1.54) is 24.8 Å². The number of nitrogens with one attached hydrogen (secondary N) is 2. The summed E-state index contributed by atoms with van der Waals surface area (Å²) in [5.74, 6) is 0.544. The van der Waals surface area contributed by atoms with Gasteiger partial charge in [-0.3, -0.25) is 9.89 Å². The fraction of sp³-hybridized carbons (Fsp3) is 0.400. The van der Waals surface area contributed by atoms with Crippen molar-refractivity contribution in [2.24, 2.45) is 0 Å². The highest BCUT2D eigenvalue weighted by molar-refractivity contribution is 7.13. The number of anilines is 1. The first kappa shape index (κ1) is 12.5. The van der Waals surface area contributed by atoms with Gasteiger partial charge in [-0.15, -0.1) is 11.3 Å². The summed E-state index contributed by atoms with van der Waals surface area (Å²) in [4.78, 5) is 19.4. The standard InChI is InChI=1S/C10H13N5O2S/c1-17-9(16)4-7-5-18-10(14-7)11-3-2-8-12-6-13-15-8/h5-6H,2-4H2,1H3,(H,11,14)(H,12,13,15). The van der Waals surface area contributed by atoms with E-state index >= 15 is 0 Å². The number of thiazole rings is 1. The highest BCUT2D eigenvalue weighted by atomic mass is 32.1. The molecule has 0 fully saturated rings. The van der Waals surface area contributed by atoms with E-state index < -0.39 is 0 Å². The molecule has 0 saturated heterocycles. The number of carbonyl (C=O) groups is 1. The molecule has 2 heterocycles. The van der Waals surface area contributed by atoms with E-state index in [2.05, 4.69) is 30.2 Å². The molecule has 0 radical (unpaired) electrons. The van der Waals surface area contributed by atoms with Gasteiger partial charge in [0.15, 0.2) is 5.13 Å². The lowest BCUT2D eigenvalue weighted by atomic mass is 10.3. The van der Waals surface area contributed by atoms with Crippen molar-refractivity contribution in [2.75, 3.05) is 19.0 Å². The Labute approximate surface area is 108 Å². The highest BCUT2D eigenvalue weighted by Gasteiger charge is 2.07. The van der Waals surface area contributed by atoms with Gasteiger partial charge in [-0.25, -0.2) is 9.97 Å². The summed E-state index contributed by atoms with van der Waals surface area (Å²) in [6.07, 6.45) is 2.43. The van der Waals surface area contributed by atoms with E-state index in [-0.39, 0.29) is 12.4 Å². The Hall–Kier alpha value is -1.96. The summed E-state index contributed by atoms with van der Waals surface area (Å²) >= 11 is 1.46. The van der Waals surface area contributed by atoms with Gasteiger partial charge >= 0.3 is 5.97 Å². The molecular weight excluding hydrogens is 254 g/mol. The predicted octanol–water partition coefficient (Wildman–Crippen LogP) is 0.631. The number of ether oxygens (including phenoxy) is 1. The van der Waals surface area contributed by atoms with Gasteiger partial charge in [0.2, 0.25) is 0 Å². The van der Waals surface area contributed by atoms with Crippen molar-refractivity contribution in [1.29, 1.82) is 0 Å². The maximum absolute atomic E-state index is 11.1. The number of hydrogen-bond acceptors (Lipinski definition) is 7. The summed E-state index contributed by atoms with van der Waals surface area (Å²) in [5.41, 5.74) is 0.717. The van der Waals surface area contributed by atoms with Crippen LogP contribution in [0.4, 0.5) is 5.13 Å². The number of esters is 1. The Bertz CT molecular complexity index is 496. The predicted molar refractivity (Wildman–Crippen MR) is 66.4 cm³/mol. The molecule has 2 aromatic rings. The average Bonchev–Trinajstić information content (AvgIpc) is 3.01. The minimum atomic E-state index is -0.284. The van der Waals surface area contributed by atoms with Crippen LogP contribution in [0, 0.1) is 0 Å². The normalized spacial score (nSPS) is 10.3. The van der Waals surface area contributed by atoms with Gasteiger partial charge in [-0.2, -0.15) is 5.10 Å². The molecule has 0 aliphatic rings. The third-order valence-corrected chi connectivity index (χ3v) is 3.06. The van der Waals surface area contributed by atoms with Gasteiger partial charge in [-0.1, -0.05) is 0 Å². The van der Waals surface area contributed by atoms with Crippen LogP contribution in [-0.2, 0) is 22.4 Å². The van der Waals surface area contributed by atoms with Crippen molar-refractivity contribution in [3.63, 3.8) is 0 Å². The van der Waals surface area contributed by atoms with Gasteiger partial charge in [0.1, 0.15) is 12.2 Å². The number of nitrogens with zero attached hydrogens (tertiary/aromatic N) is 3. The maximum Gasteiger partial charge on any atom is 0.311 e. The minimum absolute atomic E-state index is 0.205. The first-order chi connectivity index (χ1) is 8.78. The molecule has 0 unspecified atom stereocenters. The molecule has 2 aromatic heterocycles. The molecule has 0 aliphatic heterocycles. The SMILES string of the molecule is COC(=O)Cc1csc(NCCc2ncn[nH]2)n1. The van der Waals surface area contributed by atoms with E-state index in [9.17, 15) is 4.79 Å². The fourth-order valence-electron chi connectivity index (χ4n) is 1.33. The lowest BCUT2D eigenvalue weighted by Crippen LogP contribution is -2.07. The molecule has 0 saturated carbocycles. The van der Waals surface area contributed by atoms with Gasteiger partial charge < -0.3 is 10.1 Å². The third-order valence-electron chi connectivity index (χ3n) is 2.21. The molecule has 7 nitrogen and oxygen atoms in total. The molecular formula is C10H13N5O2S. The van der Waals surface area contributed by atoms with Crippen LogP contribution in [0.3, 0.4) is 0 Å². The molecule has 0 spiro atoms. The van der Waals surface area contributed by atoms with Gasteiger partial charge in [0.25, 0.3) is 0 Å². The largest absolute Gasteiger partial charge is 0.469 e. The van der Waals surface area contributed by atoms with Crippen molar-refractivity contribution in [1.82, 2.24) is 20.2 Å². The van der Waals surface area contributed by atoms with Crippen molar-refractivity contribution < 1.29 is 9.53 Å². The van der Waals surface area contributed by atoms with E-state index in [1.54, 1.807) is 0 Å². The Balaban J connectivity index is 1.78. The summed E-state index contributed by atoms with van der Waals surface area (Å²) < 4.78 is 4.58. The Morgan fingerprint density at radius 1 is 1.61 bits per heavy atom. The Morgan fingerprint density at radius 3 is 3.22 bits per heavy atom. The van der Waals surface area contributed by atoms with Crippen molar-refractivity contribution in [3.05, 3.63) is 23.2 Å². The number of aromatic nitrogens is 4. The first-order valence-electron chi connectivity index (χ1n) is 5.37. The topological polar surface area (TPSA) is 92.8 Å². The molecule has 0 aliphatic carbocycles. The molecule has 0 aromatic carbocycles. The average molecular weight is 267 g/mol. The van der Waals surface area contributed by atoms with E-state index in [0.717, 1.165) is 17.4 Å². The van der Waals surface area contributed by atoms with Crippen LogP contribution >= 0.6 is 11.3 Å². The lowest BCUT2D eigenvalue weighted by Gasteiger charge is -1.99. The highest BCUT2D eigenvalue weighted by Crippen LogP contribution is 2.15. The first-order valence-corrected chi connectivity index (χ1v) is 6.25. The summed E-state index contributed by atoms with van der Waals surface area (Å²) in [5, 5.41) is 12.3. The molecule has 18 heavy (non-hydrogen) atoms. The molecule has 0 bridgehead atoms. The molecule has 0 amide bonds. The van der Waals surface area contributed by atoms with Crippen molar-refractivity contribution in [3.8, 4) is 0 Å². The molecule has 2 N–H and O–H groups in total. The molecule has 8 heteroatoms. The van der Waals surface area contributed by atoms with E-state index in [1.807, 2.05) is 5.38 Å². The van der Waals surface area contributed by atoms with Crippen LogP contribution in [0.2, 0.25) is 0 Å². The number of H-pyrrole nitrogens is 1. The van der Waals surface area contributed by atoms with Gasteiger partial charge in [0.05, 0.1) is 19.2 Å². The zero-order valence-electron chi connectivity index (χ0n) is 9.84. The third kappa shape index (κ3) is 3.52. The van der Waals surface area contributed by atoms with Gasteiger partial charge in [-0.05, 0) is 0 Å². The Kier molecular flexibility index (Phi) is 4.24. The Morgan fingerprint density at radius 2 is 2.50 bits per heavy atom. The van der Waals surface area contributed by atoms with Crippen LogP contribution in [0.15, 0.2) is 11.7 Å². The number of rotatable bonds is 6. The van der Waals surface area contributed by atoms with Crippen LogP contribution < -0.4 is 5.32 Å². The van der Waals surface area contributed by atoms with Crippen LogP contribution in [0.25, 0.3) is 0 Å². The fourth-order valence-corrected chi connectivity index (χ4v) is 2.07. The molecule has 96 valence electrons. The quantitative estimate of drug-likeness (QED) is 0.746. The second-order valence-corrected chi connectivity index (χ2v) is 4.36. The maximum atomic E-state index is 11.1. The van der Waals surface area contributed by atoms with Crippen LogP contribution in [0.1, 0.15) is 11.5 Å². The molecule has 2 rings (SSSR count). The zero-order chi connectivity index (χ0) is 12.8. The van der Waals surface area contributed by atoms with Crippen LogP contribution in [-0.4, -0.2) is 39.8 Å². The van der Waals surface area contributed by atoms with E-state index in [0.29, 0.717) is 12.2 Å². The summed E-state index contributed by atoms with van der Waals surface area (Å²) in [6.45, 7) is 0.709. The number of carbonyl (C=O) groups excluding carboxylic acids is 1. The van der Waals surface area contributed by atoms with Crippen molar-refractivity contribution in [2.45, 2.75) is 12.8 Å². The lowest BCUT2D eigenvalue weighted by molar-refractivity contribution is -0.139. The summed E-state index contributed by atoms with van der Waals surface area (Å²) in [7, 11) is 1.37. The second-order valence-electron chi connectivity index (χ2n) is 3.51.